The van der Waals surface area contributed by atoms with Gasteiger partial charge in [-0.1, -0.05) is 6.07 Å². The summed E-state index contributed by atoms with van der Waals surface area (Å²) in [6, 6.07) is 6.50. The number of fused-ring (bicyclic) bond motifs is 2. The summed E-state index contributed by atoms with van der Waals surface area (Å²) < 4.78 is 5.21. The van der Waals surface area contributed by atoms with Gasteiger partial charge in [-0.25, -0.2) is 14.8 Å². The Morgan fingerprint density at radius 2 is 2.14 bits per heavy atom. The molecule has 0 aliphatic carbocycles. The van der Waals surface area contributed by atoms with Crippen molar-refractivity contribution in [2.75, 3.05) is 13.7 Å². The lowest BCUT2D eigenvalue weighted by atomic mass is 9.96. The number of imide groups is 1. The van der Waals surface area contributed by atoms with E-state index in [1.165, 1.54) is 24.8 Å². The predicted octanol–water partition coefficient (Wildman–Crippen LogP) is 1.39. The van der Waals surface area contributed by atoms with E-state index in [0.29, 0.717) is 27.6 Å². The number of carbonyl (C=O) groups excluding carboxylic acids is 3. The maximum Gasteiger partial charge on any atom is 0.322 e. The molecule has 0 saturated carbocycles. The smallest absolute Gasteiger partial charge is 0.322 e. The Hall–Kier alpha value is -3.53. The fourth-order valence-electron chi connectivity index (χ4n) is 3.73. The highest BCUT2D eigenvalue weighted by molar-refractivity contribution is 7.18. The van der Waals surface area contributed by atoms with Crippen molar-refractivity contribution in [3.05, 3.63) is 52.8 Å². The number of urea groups is 1. The van der Waals surface area contributed by atoms with Gasteiger partial charge in [0, 0.05) is 28.6 Å². The van der Waals surface area contributed by atoms with Crippen molar-refractivity contribution >= 4 is 39.4 Å². The van der Waals surface area contributed by atoms with E-state index in [9.17, 15) is 14.4 Å². The van der Waals surface area contributed by atoms with Gasteiger partial charge in [0.2, 0.25) is 0 Å². The first kappa shape index (κ1) is 17.6. The maximum atomic E-state index is 13.0. The molecule has 10 heteroatoms. The van der Waals surface area contributed by atoms with E-state index < -0.39 is 17.5 Å². The number of nitrogens with zero attached hydrogens (tertiary/aromatic N) is 3. The molecule has 1 fully saturated rings. The summed E-state index contributed by atoms with van der Waals surface area (Å²) in [7, 11) is 1.54. The van der Waals surface area contributed by atoms with Gasteiger partial charge in [-0.2, -0.15) is 0 Å². The van der Waals surface area contributed by atoms with Crippen molar-refractivity contribution in [3.63, 3.8) is 0 Å². The van der Waals surface area contributed by atoms with E-state index in [2.05, 4.69) is 20.6 Å². The van der Waals surface area contributed by atoms with Crippen molar-refractivity contribution in [1.82, 2.24) is 25.5 Å². The van der Waals surface area contributed by atoms with Gasteiger partial charge in [0.25, 0.3) is 11.8 Å². The average molecular weight is 409 g/mol. The van der Waals surface area contributed by atoms with Gasteiger partial charge in [0.1, 0.15) is 16.9 Å². The fourth-order valence-corrected chi connectivity index (χ4v) is 4.84. The number of aromatic nitrogens is 2. The number of amides is 4. The molecule has 2 aliphatic heterocycles. The minimum atomic E-state index is -1.38. The number of rotatable bonds is 4. The van der Waals surface area contributed by atoms with Crippen molar-refractivity contribution in [2.24, 2.45) is 0 Å². The Kier molecular flexibility index (Phi) is 3.78. The van der Waals surface area contributed by atoms with Gasteiger partial charge in [0.05, 0.1) is 13.7 Å². The Morgan fingerprint density at radius 1 is 1.28 bits per heavy atom. The number of methoxy groups -OCH3 is 1. The minimum absolute atomic E-state index is 0.000647. The van der Waals surface area contributed by atoms with Crippen LogP contribution in [0.5, 0.6) is 5.75 Å². The van der Waals surface area contributed by atoms with Crippen molar-refractivity contribution < 1.29 is 19.1 Å². The van der Waals surface area contributed by atoms with Gasteiger partial charge in [-0.05, 0) is 23.8 Å². The molecule has 2 N–H and O–H groups in total. The minimum Gasteiger partial charge on any atom is -0.497 e. The van der Waals surface area contributed by atoms with E-state index in [-0.39, 0.29) is 12.5 Å². The molecule has 1 atom stereocenters. The molecule has 146 valence electrons. The summed E-state index contributed by atoms with van der Waals surface area (Å²) in [5.41, 5.74) is -0.00568. The summed E-state index contributed by atoms with van der Waals surface area (Å²) in [6.07, 6.45) is 3.07. The molecule has 0 radical (unpaired) electrons. The second-order valence-corrected chi connectivity index (χ2v) is 7.92. The highest BCUT2D eigenvalue weighted by Crippen LogP contribution is 2.37. The van der Waals surface area contributed by atoms with Crippen LogP contribution in [-0.4, -0.2) is 46.4 Å². The lowest BCUT2D eigenvalue weighted by Crippen LogP contribution is -2.52. The first-order valence-electron chi connectivity index (χ1n) is 8.80. The third kappa shape index (κ3) is 2.64. The van der Waals surface area contributed by atoms with Gasteiger partial charge < -0.3 is 15.0 Å². The Morgan fingerprint density at radius 3 is 2.86 bits per heavy atom. The van der Waals surface area contributed by atoms with Crippen molar-refractivity contribution in [2.45, 2.75) is 12.1 Å². The molecule has 4 amide bonds. The number of hydrogen-bond acceptors (Lipinski definition) is 7. The zero-order valence-electron chi connectivity index (χ0n) is 15.3. The fraction of sp³-hybridized carbons (Fsp3) is 0.211. The van der Waals surface area contributed by atoms with Crippen LogP contribution in [0.1, 0.15) is 20.8 Å². The molecule has 0 bridgehead atoms. The first-order valence-corrected chi connectivity index (χ1v) is 9.61. The summed E-state index contributed by atoms with van der Waals surface area (Å²) >= 11 is 1.29. The Bertz CT molecular complexity index is 1160. The van der Waals surface area contributed by atoms with Gasteiger partial charge in [-0.15, -0.1) is 11.3 Å². The van der Waals surface area contributed by atoms with E-state index in [4.69, 9.17) is 4.74 Å². The zero-order valence-corrected chi connectivity index (χ0v) is 16.1. The maximum absolute atomic E-state index is 13.0. The molecule has 4 heterocycles. The molecular formula is C19H15N5O4S. The van der Waals surface area contributed by atoms with E-state index >= 15 is 0 Å². The standard InChI is InChI=1S/C19H15N5O4S/c1-28-12-3-2-10-7-24(16(25)13(10)5-12)8-19(17(26)22-18(27)23-19)14-4-11-6-20-9-21-15(11)29-14/h2-6,9H,7-8H2,1H3,(H2,22,23,26,27)/t19-/m0/s1. The number of ether oxygens (including phenoxy) is 1. The molecule has 3 aromatic rings. The highest BCUT2D eigenvalue weighted by Gasteiger charge is 2.51. The van der Waals surface area contributed by atoms with Crippen LogP contribution in [0.15, 0.2) is 36.8 Å². The molecule has 2 aromatic heterocycles. The molecule has 2 aliphatic rings. The summed E-state index contributed by atoms with van der Waals surface area (Å²) in [4.78, 5) is 49.0. The molecule has 29 heavy (non-hydrogen) atoms. The number of nitrogens with one attached hydrogen (secondary N) is 2. The molecule has 1 saturated heterocycles. The zero-order chi connectivity index (χ0) is 20.2. The van der Waals surface area contributed by atoms with E-state index in [0.717, 1.165) is 10.9 Å². The first-order chi connectivity index (χ1) is 14.0. The second-order valence-electron chi connectivity index (χ2n) is 6.89. The van der Waals surface area contributed by atoms with Gasteiger partial charge >= 0.3 is 6.03 Å². The molecular weight excluding hydrogens is 394 g/mol. The summed E-state index contributed by atoms with van der Waals surface area (Å²) in [6.45, 7) is 0.342. The number of hydrogen-bond donors (Lipinski definition) is 2. The quantitative estimate of drug-likeness (QED) is 0.630. The SMILES string of the molecule is COc1ccc2c(c1)C(=O)N(C[C@@]1(c3cc4cncnc4s3)NC(=O)NC1=O)C2. The van der Waals surface area contributed by atoms with Crippen LogP contribution in [0.2, 0.25) is 0 Å². The summed E-state index contributed by atoms with van der Waals surface area (Å²) in [5, 5.41) is 5.80. The Labute approximate surface area is 168 Å². The van der Waals surface area contributed by atoms with Gasteiger partial charge in [-0.3, -0.25) is 14.9 Å². The van der Waals surface area contributed by atoms with E-state index in [1.54, 1.807) is 29.3 Å². The Balaban J connectivity index is 1.54. The van der Waals surface area contributed by atoms with Crippen LogP contribution in [0.25, 0.3) is 10.2 Å². The van der Waals surface area contributed by atoms with Crippen LogP contribution >= 0.6 is 11.3 Å². The van der Waals surface area contributed by atoms with Crippen LogP contribution < -0.4 is 15.4 Å². The summed E-state index contributed by atoms with van der Waals surface area (Å²) in [5.74, 6) is -0.125. The lowest BCUT2D eigenvalue weighted by molar-refractivity contribution is -0.124. The molecule has 9 nitrogen and oxygen atoms in total. The second kappa shape index (κ2) is 6.24. The highest BCUT2D eigenvalue weighted by atomic mass is 32.1. The monoisotopic (exact) mass is 409 g/mol. The number of thiophene rings is 1. The molecule has 5 rings (SSSR count). The largest absolute Gasteiger partial charge is 0.497 e. The van der Waals surface area contributed by atoms with Crippen molar-refractivity contribution in [3.8, 4) is 5.75 Å². The van der Waals surface area contributed by atoms with Crippen LogP contribution in [0.3, 0.4) is 0 Å². The average Bonchev–Trinajstić information content (AvgIpc) is 3.36. The van der Waals surface area contributed by atoms with E-state index in [1.807, 2.05) is 6.07 Å². The normalized spacial score (nSPS) is 20.7. The lowest BCUT2D eigenvalue weighted by Gasteiger charge is -2.29. The third-order valence-electron chi connectivity index (χ3n) is 5.18. The van der Waals surface area contributed by atoms with Crippen LogP contribution in [-0.2, 0) is 16.9 Å². The number of benzene rings is 1. The van der Waals surface area contributed by atoms with Gasteiger partial charge in [0.15, 0.2) is 5.54 Å². The number of carbonyl (C=O) groups is 3. The predicted molar refractivity (Wildman–Crippen MR) is 104 cm³/mol. The third-order valence-corrected chi connectivity index (χ3v) is 6.40. The van der Waals surface area contributed by atoms with Crippen LogP contribution in [0, 0.1) is 0 Å². The molecule has 0 unspecified atom stereocenters. The van der Waals surface area contributed by atoms with Crippen LogP contribution in [0.4, 0.5) is 4.79 Å². The molecule has 0 spiro atoms. The topological polar surface area (TPSA) is 114 Å². The van der Waals surface area contributed by atoms with Crippen molar-refractivity contribution in [1.29, 1.82) is 0 Å². The molecule has 1 aromatic carbocycles.